The Kier molecular flexibility index (Phi) is 6.99. The maximum Gasteiger partial charge on any atom is 0.318 e. The SMILES string of the molecule is O=C(COc1ccccn1)[C@@H]1CCCN1C(=O)[C@@H]1CCCN1C(=O)NCc1ccccc1. The molecule has 2 atom stereocenters. The van der Waals surface area contributed by atoms with Gasteiger partial charge >= 0.3 is 6.03 Å². The lowest BCUT2D eigenvalue weighted by Gasteiger charge is -2.31. The summed E-state index contributed by atoms with van der Waals surface area (Å²) in [6, 6.07) is 13.6. The van der Waals surface area contributed by atoms with Crippen LogP contribution < -0.4 is 10.1 Å². The summed E-state index contributed by atoms with van der Waals surface area (Å²) in [5.74, 6) is 0.0967. The Morgan fingerprint density at radius 2 is 1.66 bits per heavy atom. The quantitative estimate of drug-likeness (QED) is 0.720. The Morgan fingerprint density at radius 1 is 0.938 bits per heavy atom. The highest BCUT2D eigenvalue weighted by Gasteiger charge is 2.42. The highest BCUT2D eigenvalue weighted by Crippen LogP contribution is 2.25. The Bertz CT molecular complexity index is 862. The molecule has 32 heavy (non-hydrogen) atoms. The number of hydrogen-bond donors (Lipinski definition) is 1. The first kappa shape index (κ1) is 21.8. The summed E-state index contributed by atoms with van der Waals surface area (Å²) in [6.07, 6.45) is 4.36. The van der Waals surface area contributed by atoms with Crippen LogP contribution in [-0.4, -0.2) is 64.3 Å². The topological polar surface area (TPSA) is 91.8 Å². The van der Waals surface area contributed by atoms with Crippen LogP contribution in [0.4, 0.5) is 4.79 Å². The van der Waals surface area contributed by atoms with Gasteiger partial charge in [-0.1, -0.05) is 36.4 Å². The molecule has 0 unspecified atom stereocenters. The first-order chi connectivity index (χ1) is 15.6. The van der Waals surface area contributed by atoms with Crippen molar-refractivity contribution in [3.05, 3.63) is 60.3 Å². The molecule has 1 aromatic heterocycles. The highest BCUT2D eigenvalue weighted by molar-refractivity contribution is 5.94. The van der Waals surface area contributed by atoms with E-state index in [1.165, 1.54) is 0 Å². The molecule has 8 heteroatoms. The van der Waals surface area contributed by atoms with Crippen LogP contribution in [0.3, 0.4) is 0 Å². The number of Topliss-reactive ketones (excluding diaryl/α,β-unsaturated/α-hetero) is 1. The van der Waals surface area contributed by atoms with Crippen LogP contribution in [0, 0.1) is 0 Å². The van der Waals surface area contributed by atoms with Crippen LogP contribution in [-0.2, 0) is 16.1 Å². The summed E-state index contributed by atoms with van der Waals surface area (Å²) in [4.78, 5) is 46.2. The van der Waals surface area contributed by atoms with E-state index in [9.17, 15) is 14.4 Å². The predicted molar refractivity (Wildman–Crippen MR) is 118 cm³/mol. The van der Waals surface area contributed by atoms with Crippen molar-refractivity contribution >= 4 is 17.7 Å². The number of amides is 3. The van der Waals surface area contributed by atoms with Gasteiger partial charge in [0, 0.05) is 31.9 Å². The molecule has 2 saturated heterocycles. The molecule has 2 aromatic rings. The fourth-order valence-electron chi connectivity index (χ4n) is 4.37. The van der Waals surface area contributed by atoms with Crippen LogP contribution >= 0.6 is 0 Å². The third-order valence-corrected chi connectivity index (χ3v) is 5.99. The summed E-state index contributed by atoms with van der Waals surface area (Å²) in [5, 5.41) is 2.91. The summed E-state index contributed by atoms with van der Waals surface area (Å²) < 4.78 is 5.49. The van der Waals surface area contributed by atoms with Gasteiger partial charge in [0.15, 0.2) is 12.4 Å². The molecule has 0 saturated carbocycles. The van der Waals surface area contributed by atoms with Crippen molar-refractivity contribution in [2.45, 2.75) is 44.3 Å². The Morgan fingerprint density at radius 3 is 2.41 bits per heavy atom. The molecule has 1 aromatic carbocycles. The number of carbonyl (C=O) groups excluding carboxylic acids is 3. The van der Waals surface area contributed by atoms with Crippen LogP contribution in [0.15, 0.2) is 54.7 Å². The van der Waals surface area contributed by atoms with E-state index in [2.05, 4.69) is 10.3 Å². The van der Waals surface area contributed by atoms with E-state index in [1.807, 2.05) is 30.3 Å². The minimum atomic E-state index is -0.532. The standard InChI is InChI=1S/C24H28N4O4/c29-21(17-32-22-12-4-5-13-25-22)19-10-6-14-27(19)23(30)20-11-7-15-28(20)24(31)26-16-18-8-2-1-3-9-18/h1-5,8-9,12-13,19-20H,6-7,10-11,14-17H2,(H,26,31)/t19-,20-/m0/s1. The monoisotopic (exact) mass is 436 g/mol. The Hall–Kier alpha value is -3.42. The fraction of sp³-hybridized carbons (Fsp3) is 0.417. The number of nitrogens with one attached hydrogen (secondary N) is 1. The van der Waals surface area contributed by atoms with Crippen molar-refractivity contribution in [1.29, 1.82) is 0 Å². The van der Waals surface area contributed by atoms with E-state index >= 15 is 0 Å². The van der Waals surface area contributed by atoms with E-state index in [0.717, 1.165) is 18.4 Å². The normalized spacial score (nSPS) is 20.2. The maximum atomic E-state index is 13.3. The molecule has 8 nitrogen and oxygen atoms in total. The second-order valence-corrected chi connectivity index (χ2v) is 8.11. The van der Waals surface area contributed by atoms with Crippen LogP contribution in [0.5, 0.6) is 5.88 Å². The summed E-state index contributed by atoms with van der Waals surface area (Å²) >= 11 is 0. The number of benzene rings is 1. The van der Waals surface area contributed by atoms with Crippen molar-refractivity contribution in [3.63, 3.8) is 0 Å². The van der Waals surface area contributed by atoms with Crippen molar-refractivity contribution < 1.29 is 19.1 Å². The molecule has 2 aliphatic heterocycles. The largest absolute Gasteiger partial charge is 0.470 e. The van der Waals surface area contributed by atoms with Crippen molar-refractivity contribution in [2.75, 3.05) is 19.7 Å². The lowest BCUT2D eigenvalue weighted by Crippen LogP contribution is -2.53. The number of carbonyl (C=O) groups is 3. The molecule has 2 aliphatic rings. The third-order valence-electron chi connectivity index (χ3n) is 5.99. The number of ketones is 1. The van der Waals surface area contributed by atoms with E-state index in [4.69, 9.17) is 4.74 Å². The highest BCUT2D eigenvalue weighted by atomic mass is 16.5. The molecule has 3 heterocycles. The average Bonchev–Trinajstić information content (AvgIpc) is 3.52. The van der Waals surface area contributed by atoms with E-state index < -0.39 is 12.1 Å². The molecule has 3 amide bonds. The number of ether oxygens (including phenoxy) is 1. The van der Waals surface area contributed by atoms with Crippen molar-refractivity contribution in [2.24, 2.45) is 0 Å². The van der Waals surface area contributed by atoms with Gasteiger partial charge < -0.3 is 19.9 Å². The number of likely N-dealkylation sites (tertiary alicyclic amines) is 2. The van der Waals surface area contributed by atoms with Crippen molar-refractivity contribution in [3.8, 4) is 5.88 Å². The zero-order valence-corrected chi connectivity index (χ0v) is 18.0. The second kappa shape index (κ2) is 10.3. The molecule has 4 rings (SSSR count). The van der Waals surface area contributed by atoms with Crippen molar-refractivity contribution in [1.82, 2.24) is 20.1 Å². The third kappa shape index (κ3) is 5.07. The Balaban J connectivity index is 1.35. The molecule has 0 radical (unpaired) electrons. The van der Waals surface area contributed by atoms with Gasteiger partial charge in [-0.3, -0.25) is 9.59 Å². The predicted octanol–water partition coefficient (Wildman–Crippen LogP) is 2.39. The second-order valence-electron chi connectivity index (χ2n) is 8.11. The summed E-state index contributed by atoms with van der Waals surface area (Å²) in [7, 11) is 0. The molecule has 1 N–H and O–H groups in total. The van der Waals surface area contributed by atoms with Crippen LogP contribution in [0.25, 0.3) is 0 Å². The van der Waals surface area contributed by atoms with E-state index in [1.54, 1.807) is 34.2 Å². The first-order valence-corrected chi connectivity index (χ1v) is 11.1. The molecule has 0 bridgehead atoms. The molecule has 168 valence electrons. The van der Waals surface area contributed by atoms with Gasteiger partial charge in [0.1, 0.15) is 6.04 Å². The van der Waals surface area contributed by atoms with Gasteiger partial charge in [-0.15, -0.1) is 0 Å². The van der Waals surface area contributed by atoms with Gasteiger partial charge in [-0.05, 0) is 37.3 Å². The Labute approximate surface area is 187 Å². The molecule has 0 aliphatic carbocycles. The molecular formula is C24H28N4O4. The van der Waals surface area contributed by atoms with Gasteiger partial charge in [-0.2, -0.15) is 0 Å². The van der Waals surface area contributed by atoms with Gasteiger partial charge in [0.05, 0.1) is 6.04 Å². The minimum Gasteiger partial charge on any atom is -0.470 e. The number of urea groups is 1. The lowest BCUT2D eigenvalue weighted by molar-refractivity contribution is -0.141. The van der Waals surface area contributed by atoms with E-state index in [-0.39, 0.29) is 24.3 Å². The average molecular weight is 437 g/mol. The van der Waals surface area contributed by atoms with Crippen LogP contribution in [0.1, 0.15) is 31.2 Å². The number of hydrogen-bond acceptors (Lipinski definition) is 5. The number of rotatable bonds is 7. The minimum absolute atomic E-state index is 0.128. The molecule has 2 fully saturated rings. The summed E-state index contributed by atoms with van der Waals surface area (Å²) in [5.41, 5.74) is 1.00. The zero-order chi connectivity index (χ0) is 22.3. The number of aromatic nitrogens is 1. The zero-order valence-electron chi connectivity index (χ0n) is 18.0. The van der Waals surface area contributed by atoms with Crippen LogP contribution in [0.2, 0.25) is 0 Å². The van der Waals surface area contributed by atoms with Gasteiger partial charge in [0.2, 0.25) is 11.8 Å². The van der Waals surface area contributed by atoms with E-state index in [0.29, 0.717) is 38.4 Å². The molecule has 0 spiro atoms. The lowest BCUT2D eigenvalue weighted by atomic mass is 10.1. The fourth-order valence-corrected chi connectivity index (χ4v) is 4.37. The first-order valence-electron chi connectivity index (χ1n) is 11.1. The summed E-state index contributed by atoms with van der Waals surface area (Å²) in [6.45, 7) is 1.34. The maximum absolute atomic E-state index is 13.3. The molecular weight excluding hydrogens is 408 g/mol. The van der Waals surface area contributed by atoms with Gasteiger partial charge in [-0.25, -0.2) is 9.78 Å². The number of nitrogens with zero attached hydrogens (tertiary/aromatic N) is 3. The van der Waals surface area contributed by atoms with Gasteiger partial charge in [0.25, 0.3) is 0 Å². The smallest absolute Gasteiger partial charge is 0.318 e. The number of pyridine rings is 1.